The highest BCUT2D eigenvalue weighted by atomic mass is 16.6. The molecule has 0 aliphatic carbocycles. The van der Waals surface area contributed by atoms with Gasteiger partial charge in [-0.25, -0.2) is 0 Å². The SMILES string of the molecule is C.CC[C@H]1CO1. The molecule has 0 amide bonds. The number of rotatable bonds is 1. The smallest absolute Gasteiger partial charge is 0.0807 e. The van der Waals surface area contributed by atoms with Crippen LogP contribution in [-0.4, -0.2) is 12.7 Å². The Kier molecular flexibility index (Phi) is 2.18. The van der Waals surface area contributed by atoms with Crippen LogP contribution in [0.1, 0.15) is 20.8 Å². The fourth-order valence-corrected chi connectivity index (χ4v) is 0.304. The highest BCUT2D eigenvalue weighted by Crippen LogP contribution is 2.10. The van der Waals surface area contributed by atoms with Crippen molar-refractivity contribution in [1.29, 1.82) is 0 Å². The molecule has 1 rings (SSSR count). The second-order valence-electron chi connectivity index (χ2n) is 1.36. The van der Waals surface area contributed by atoms with E-state index in [1.165, 1.54) is 6.42 Å². The molecule has 0 N–H and O–H groups in total. The third-order valence-electron chi connectivity index (χ3n) is 0.858. The van der Waals surface area contributed by atoms with Gasteiger partial charge < -0.3 is 4.74 Å². The summed E-state index contributed by atoms with van der Waals surface area (Å²) in [6.45, 7) is 3.15. The van der Waals surface area contributed by atoms with Crippen molar-refractivity contribution in [1.82, 2.24) is 0 Å². The first-order valence-electron chi connectivity index (χ1n) is 2.05. The molecule has 1 saturated heterocycles. The molecule has 1 aliphatic heterocycles. The largest absolute Gasteiger partial charge is 0.373 e. The predicted molar refractivity (Wildman–Crippen MR) is 26.8 cm³/mol. The van der Waals surface area contributed by atoms with E-state index in [-0.39, 0.29) is 7.43 Å². The van der Waals surface area contributed by atoms with Gasteiger partial charge >= 0.3 is 0 Å². The first-order valence-corrected chi connectivity index (χ1v) is 2.05. The maximum absolute atomic E-state index is 4.86. The van der Waals surface area contributed by atoms with E-state index in [1.807, 2.05) is 0 Å². The van der Waals surface area contributed by atoms with Gasteiger partial charge in [-0.1, -0.05) is 14.4 Å². The Hall–Kier alpha value is -0.0400. The molecule has 1 aliphatic rings. The van der Waals surface area contributed by atoms with Gasteiger partial charge in [0, 0.05) is 0 Å². The Morgan fingerprint density at radius 1 is 1.83 bits per heavy atom. The van der Waals surface area contributed by atoms with Crippen LogP contribution in [0.15, 0.2) is 0 Å². The van der Waals surface area contributed by atoms with Crippen LogP contribution in [0.3, 0.4) is 0 Å². The molecule has 0 aromatic carbocycles. The number of hydrogen-bond donors (Lipinski definition) is 0. The summed E-state index contributed by atoms with van der Waals surface area (Å²) in [5.41, 5.74) is 0. The summed E-state index contributed by atoms with van der Waals surface area (Å²) in [5, 5.41) is 0. The zero-order chi connectivity index (χ0) is 3.70. The van der Waals surface area contributed by atoms with Crippen molar-refractivity contribution in [3.05, 3.63) is 0 Å². The van der Waals surface area contributed by atoms with Crippen molar-refractivity contribution >= 4 is 0 Å². The standard InChI is InChI=1S/C4H8O.CH4/c1-2-4-3-5-4;/h4H,2-3H2,1H3;1H4/t4-;/m0./s1. The van der Waals surface area contributed by atoms with Crippen LogP contribution in [-0.2, 0) is 4.74 Å². The summed E-state index contributed by atoms with van der Waals surface area (Å²) in [5.74, 6) is 0. The van der Waals surface area contributed by atoms with Gasteiger partial charge in [-0.2, -0.15) is 0 Å². The van der Waals surface area contributed by atoms with Crippen LogP contribution >= 0.6 is 0 Å². The molecule has 1 atom stereocenters. The number of epoxide rings is 1. The van der Waals surface area contributed by atoms with Crippen molar-refractivity contribution in [2.75, 3.05) is 6.61 Å². The molecule has 0 aromatic rings. The number of hydrogen-bond acceptors (Lipinski definition) is 1. The first kappa shape index (κ1) is 5.96. The molecule has 1 heteroatoms. The fourth-order valence-electron chi connectivity index (χ4n) is 0.304. The molecule has 1 heterocycles. The van der Waals surface area contributed by atoms with Gasteiger partial charge in [-0.05, 0) is 6.42 Å². The molecule has 0 unspecified atom stereocenters. The molecular formula is C5H12O. The predicted octanol–water partition coefficient (Wildman–Crippen LogP) is 1.43. The molecule has 6 heavy (non-hydrogen) atoms. The van der Waals surface area contributed by atoms with E-state index < -0.39 is 0 Å². The minimum absolute atomic E-state index is 0. The van der Waals surface area contributed by atoms with Gasteiger partial charge in [0.1, 0.15) is 0 Å². The van der Waals surface area contributed by atoms with E-state index in [2.05, 4.69) is 6.92 Å². The van der Waals surface area contributed by atoms with E-state index in [1.54, 1.807) is 0 Å². The molecule has 0 aromatic heterocycles. The van der Waals surface area contributed by atoms with Crippen LogP contribution in [0.25, 0.3) is 0 Å². The van der Waals surface area contributed by atoms with Gasteiger partial charge in [-0.3, -0.25) is 0 Å². The van der Waals surface area contributed by atoms with Crippen molar-refractivity contribution in [3.63, 3.8) is 0 Å². The van der Waals surface area contributed by atoms with Crippen molar-refractivity contribution in [2.24, 2.45) is 0 Å². The molecule has 0 radical (unpaired) electrons. The Bertz CT molecular complexity index is 30.9. The highest BCUT2D eigenvalue weighted by Gasteiger charge is 2.18. The second-order valence-corrected chi connectivity index (χ2v) is 1.36. The summed E-state index contributed by atoms with van der Waals surface area (Å²) >= 11 is 0. The lowest BCUT2D eigenvalue weighted by atomic mass is 10.4. The van der Waals surface area contributed by atoms with E-state index in [0.29, 0.717) is 6.10 Å². The number of ether oxygens (including phenoxy) is 1. The minimum Gasteiger partial charge on any atom is -0.373 e. The summed E-state index contributed by atoms with van der Waals surface area (Å²) in [7, 11) is 0. The third kappa shape index (κ3) is 1.41. The zero-order valence-corrected chi connectivity index (χ0v) is 3.40. The Morgan fingerprint density at radius 2 is 2.33 bits per heavy atom. The minimum atomic E-state index is 0. The van der Waals surface area contributed by atoms with Gasteiger partial charge in [0.05, 0.1) is 12.7 Å². The molecule has 1 nitrogen and oxygen atoms in total. The summed E-state index contributed by atoms with van der Waals surface area (Å²) in [4.78, 5) is 0. The van der Waals surface area contributed by atoms with E-state index >= 15 is 0 Å². The Labute approximate surface area is 39.3 Å². The third-order valence-corrected chi connectivity index (χ3v) is 0.858. The molecule has 0 saturated carbocycles. The van der Waals surface area contributed by atoms with E-state index in [4.69, 9.17) is 4.74 Å². The average Bonchev–Trinajstić information content (AvgIpc) is 2.12. The second kappa shape index (κ2) is 2.19. The quantitative estimate of drug-likeness (QED) is 0.442. The summed E-state index contributed by atoms with van der Waals surface area (Å²) < 4.78 is 4.86. The maximum atomic E-state index is 4.86. The topological polar surface area (TPSA) is 12.5 Å². The first-order chi connectivity index (χ1) is 2.43. The van der Waals surface area contributed by atoms with E-state index in [0.717, 1.165) is 6.61 Å². The van der Waals surface area contributed by atoms with Crippen LogP contribution in [0, 0.1) is 0 Å². The van der Waals surface area contributed by atoms with Gasteiger partial charge in [-0.15, -0.1) is 0 Å². The fraction of sp³-hybridized carbons (Fsp3) is 1.00. The lowest BCUT2D eigenvalue weighted by molar-refractivity contribution is 0.403. The van der Waals surface area contributed by atoms with Gasteiger partial charge in [0.2, 0.25) is 0 Å². The Balaban J connectivity index is 0.000000250. The molecule has 0 spiro atoms. The highest BCUT2D eigenvalue weighted by molar-refractivity contribution is 4.64. The maximum Gasteiger partial charge on any atom is 0.0807 e. The van der Waals surface area contributed by atoms with Crippen LogP contribution in [0.5, 0.6) is 0 Å². The summed E-state index contributed by atoms with van der Waals surface area (Å²) in [6.07, 6.45) is 1.83. The van der Waals surface area contributed by atoms with Crippen LogP contribution < -0.4 is 0 Å². The van der Waals surface area contributed by atoms with Crippen molar-refractivity contribution < 1.29 is 4.74 Å². The normalized spacial score (nSPS) is 28.5. The molecular weight excluding hydrogens is 76.1 g/mol. The summed E-state index contributed by atoms with van der Waals surface area (Å²) in [6, 6.07) is 0. The molecule has 1 fully saturated rings. The van der Waals surface area contributed by atoms with Crippen molar-refractivity contribution in [3.8, 4) is 0 Å². The van der Waals surface area contributed by atoms with Gasteiger partial charge in [0.15, 0.2) is 0 Å². The lowest BCUT2D eigenvalue weighted by Gasteiger charge is -1.69. The van der Waals surface area contributed by atoms with E-state index in [9.17, 15) is 0 Å². The Morgan fingerprint density at radius 3 is 2.33 bits per heavy atom. The average molecular weight is 88.2 g/mol. The lowest BCUT2D eigenvalue weighted by Crippen LogP contribution is -1.73. The van der Waals surface area contributed by atoms with Gasteiger partial charge in [0.25, 0.3) is 0 Å². The molecule has 0 bridgehead atoms. The zero-order valence-electron chi connectivity index (χ0n) is 3.40. The van der Waals surface area contributed by atoms with Crippen LogP contribution in [0.4, 0.5) is 0 Å². The monoisotopic (exact) mass is 88.1 g/mol. The molecule has 38 valence electrons. The van der Waals surface area contributed by atoms with Crippen LogP contribution in [0.2, 0.25) is 0 Å². The van der Waals surface area contributed by atoms with Crippen molar-refractivity contribution in [2.45, 2.75) is 26.9 Å².